The number of nitrogens with zero attached hydrogens (tertiary/aromatic N) is 1. The fraction of sp³-hybridized carbons (Fsp3) is 0.333. The third-order valence-electron chi connectivity index (χ3n) is 1.68. The van der Waals surface area contributed by atoms with Gasteiger partial charge in [-0.2, -0.15) is 0 Å². The minimum Gasteiger partial charge on any atom is -0.472 e. The van der Waals surface area contributed by atoms with E-state index in [1.54, 1.807) is 6.92 Å². The number of carbonyl (C=O) groups excluding carboxylic acids is 1. The number of ether oxygens (including phenoxy) is 1. The van der Waals surface area contributed by atoms with E-state index in [0.29, 0.717) is 5.69 Å². The second kappa shape index (κ2) is 4.86. The number of pyridine rings is 1. The van der Waals surface area contributed by atoms with Crippen molar-refractivity contribution in [2.75, 3.05) is 6.61 Å². The molecule has 1 heterocycles. The molecule has 1 aromatic rings. The van der Waals surface area contributed by atoms with Crippen LogP contribution in [0.2, 0.25) is 0 Å². The highest BCUT2D eigenvalue weighted by Crippen LogP contribution is 2.12. The lowest BCUT2D eigenvalue weighted by molar-refractivity contribution is 0.0794. The molecule has 0 amide bonds. The molecule has 0 bridgehead atoms. The Balaban J connectivity index is 2.78. The van der Waals surface area contributed by atoms with Gasteiger partial charge < -0.3 is 9.53 Å². The van der Waals surface area contributed by atoms with Gasteiger partial charge in [0.1, 0.15) is 5.68 Å². The molecule has 0 saturated heterocycles. The minimum absolute atomic E-state index is 0.0535. The van der Waals surface area contributed by atoms with Crippen molar-refractivity contribution in [3.05, 3.63) is 23.4 Å². The van der Waals surface area contributed by atoms with Crippen LogP contribution in [-0.2, 0) is 0 Å². The summed E-state index contributed by atoms with van der Waals surface area (Å²) in [6.45, 7) is 0.831. The number of aromatic nitrogens is 1. The molecule has 3 nitrogen and oxygen atoms in total. The van der Waals surface area contributed by atoms with Crippen LogP contribution in [0.1, 0.15) is 16.1 Å². The Morgan fingerprint density at radius 1 is 1.60 bits per heavy atom. The first kappa shape index (κ1) is 11.6. The summed E-state index contributed by atoms with van der Waals surface area (Å²) in [4.78, 5) is 14.6. The average Bonchev–Trinajstić information content (AvgIpc) is 2.14. The Bertz CT molecular complexity index is 371. The Kier molecular flexibility index (Phi) is 3.77. The standard InChI is InChI=1S/C9H8BF2NO2/c1-5-6(9(10)14)2-3-8(13-5)15-4-7(11)12/h2-3,7H,4H2,1H3. The summed E-state index contributed by atoms with van der Waals surface area (Å²) in [6, 6.07) is 2.72. The van der Waals surface area contributed by atoms with Crippen LogP contribution in [0.25, 0.3) is 0 Å². The number of aryl methyl sites for hydroxylation is 1. The second-order valence-corrected chi connectivity index (χ2v) is 2.85. The third-order valence-corrected chi connectivity index (χ3v) is 1.68. The molecule has 15 heavy (non-hydrogen) atoms. The third kappa shape index (κ3) is 3.30. The van der Waals surface area contributed by atoms with Gasteiger partial charge in [-0.3, -0.25) is 0 Å². The average molecular weight is 211 g/mol. The Morgan fingerprint density at radius 2 is 2.27 bits per heavy atom. The Hall–Kier alpha value is -1.46. The number of hydrogen-bond donors (Lipinski definition) is 0. The zero-order valence-electron chi connectivity index (χ0n) is 8.04. The van der Waals surface area contributed by atoms with E-state index in [1.807, 2.05) is 0 Å². The molecule has 0 aliphatic heterocycles. The topological polar surface area (TPSA) is 39.2 Å². The maximum Gasteiger partial charge on any atom is 0.272 e. The smallest absolute Gasteiger partial charge is 0.272 e. The van der Waals surface area contributed by atoms with E-state index in [-0.39, 0.29) is 11.4 Å². The molecule has 0 aliphatic rings. The second-order valence-electron chi connectivity index (χ2n) is 2.85. The molecular weight excluding hydrogens is 203 g/mol. The molecule has 1 aromatic heterocycles. The van der Waals surface area contributed by atoms with Crippen LogP contribution >= 0.6 is 0 Å². The molecule has 1 rings (SSSR count). The number of hydrogen-bond acceptors (Lipinski definition) is 3. The molecule has 0 saturated carbocycles. The summed E-state index contributed by atoms with van der Waals surface area (Å²) < 4.78 is 28.3. The zero-order chi connectivity index (χ0) is 11.4. The lowest BCUT2D eigenvalue weighted by Crippen LogP contribution is -2.09. The first-order valence-electron chi connectivity index (χ1n) is 4.19. The summed E-state index contributed by atoms with van der Waals surface area (Å²) in [5.74, 6) is 0.0535. The number of carbonyl (C=O) groups is 1. The van der Waals surface area contributed by atoms with Gasteiger partial charge in [0.2, 0.25) is 5.88 Å². The largest absolute Gasteiger partial charge is 0.472 e. The number of alkyl halides is 2. The van der Waals surface area contributed by atoms with Gasteiger partial charge >= 0.3 is 0 Å². The molecule has 0 atom stereocenters. The van der Waals surface area contributed by atoms with Gasteiger partial charge in [0, 0.05) is 11.6 Å². The molecule has 0 fully saturated rings. The first-order valence-corrected chi connectivity index (χ1v) is 4.19. The zero-order valence-corrected chi connectivity index (χ0v) is 8.04. The Labute approximate surface area is 86.9 Å². The maximum absolute atomic E-state index is 11.8. The van der Waals surface area contributed by atoms with E-state index in [4.69, 9.17) is 7.85 Å². The van der Waals surface area contributed by atoms with Gasteiger partial charge in [-0.05, 0) is 13.0 Å². The summed E-state index contributed by atoms with van der Waals surface area (Å²) in [6.07, 6.45) is -2.55. The molecule has 0 aromatic carbocycles. The van der Waals surface area contributed by atoms with Crippen LogP contribution in [0.15, 0.2) is 12.1 Å². The fourth-order valence-electron chi connectivity index (χ4n) is 1.03. The van der Waals surface area contributed by atoms with Crippen molar-refractivity contribution in [1.29, 1.82) is 0 Å². The van der Waals surface area contributed by atoms with Crippen molar-refractivity contribution < 1.29 is 18.3 Å². The van der Waals surface area contributed by atoms with E-state index in [2.05, 4.69) is 9.72 Å². The van der Waals surface area contributed by atoms with Crippen molar-refractivity contribution in [2.45, 2.75) is 13.3 Å². The van der Waals surface area contributed by atoms with Crippen molar-refractivity contribution in [2.24, 2.45) is 0 Å². The molecule has 0 N–H and O–H groups in total. The summed E-state index contributed by atoms with van der Waals surface area (Å²) in [5.41, 5.74) is -0.00549. The maximum atomic E-state index is 11.8. The summed E-state index contributed by atoms with van der Waals surface area (Å²) in [5, 5.41) is 0. The van der Waals surface area contributed by atoms with E-state index >= 15 is 0 Å². The summed E-state index contributed by atoms with van der Waals surface area (Å²) >= 11 is 0. The van der Waals surface area contributed by atoms with Crippen molar-refractivity contribution >= 4 is 13.5 Å². The lowest BCUT2D eigenvalue weighted by Gasteiger charge is -2.06. The van der Waals surface area contributed by atoms with E-state index < -0.39 is 18.7 Å². The summed E-state index contributed by atoms with van der Waals surface area (Å²) in [7, 11) is 5.05. The number of halogens is 2. The highest BCUT2D eigenvalue weighted by Gasteiger charge is 2.08. The van der Waals surface area contributed by atoms with Crippen LogP contribution < -0.4 is 4.74 Å². The monoisotopic (exact) mass is 211 g/mol. The molecule has 0 aliphatic carbocycles. The fourth-order valence-corrected chi connectivity index (χ4v) is 1.03. The molecular formula is C9H8BF2NO2. The van der Waals surface area contributed by atoms with E-state index in [1.165, 1.54) is 12.1 Å². The van der Waals surface area contributed by atoms with Crippen LogP contribution in [0.5, 0.6) is 5.88 Å². The highest BCUT2D eigenvalue weighted by molar-refractivity contribution is 6.62. The van der Waals surface area contributed by atoms with Crippen molar-refractivity contribution in [3.63, 3.8) is 0 Å². The van der Waals surface area contributed by atoms with Gasteiger partial charge in [-0.1, -0.05) is 0 Å². The van der Waals surface area contributed by atoms with Gasteiger partial charge in [-0.25, -0.2) is 13.8 Å². The van der Waals surface area contributed by atoms with Gasteiger partial charge in [0.05, 0.1) is 5.69 Å². The molecule has 0 spiro atoms. The predicted octanol–water partition coefficient (Wildman–Crippen LogP) is 1.34. The van der Waals surface area contributed by atoms with Crippen molar-refractivity contribution in [3.8, 4) is 5.88 Å². The van der Waals surface area contributed by atoms with Gasteiger partial charge in [0.15, 0.2) is 14.5 Å². The quantitative estimate of drug-likeness (QED) is 0.705. The number of rotatable bonds is 4. The minimum atomic E-state index is -2.55. The molecule has 2 radical (unpaired) electrons. The van der Waals surface area contributed by atoms with Gasteiger partial charge in [0.25, 0.3) is 6.43 Å². The SMILES string of the molecule is [B]C(=O)c1ccc(OCC(F)F)nc1C. The van der Waals surface area contributed by atoms with E-state index in [0.717, 1.165) is 0 Å². The molecule has 6 heteroatoms. The van der Waals surface area contributed by atoms with Crippen LogP contribution in [0, 0.1) is 6.92 Å². The Morgan fingerprint density at radius 3 is 2.73 bits per heavy atom. The van der Waals surface area contributed by atoms with Crippen molar-refractivity contribution in [1.82, 2.24) is 4.98 Å². The van der Waals surface area contributed by atoms with Crippen LogP contribution in [0.4, 0.5) is 8.78 Å². The van der Waals surface area contributed by atoms with Crippen LogP contribution in [0.3, 0.4) is 0 Å². The molecule has 78 valence electrons. The van der Waals surface area contributed by atoms with Gasteiger partial charge in [-0.15, -0.1) is 0 Å². The lowest BCUT2D eigenvalue weighted by atomic mass is 9.94. The van der Waals surface area contributed by atoms with Crippen LogP contribution in [-0.4, -0.2) is 31.5 Å². The first-order chi connectivity index (χ1) is 7.00. The predicted molar refractivity (Wildman–Crippen MR) is 50.6 cm³/mol. The van der Waals surface area contributed by atoms with E-state index in [9.17, 15) is 13.6 Å². The molecule has 0 unspecified atom stereocenters. The highest BCUT2D eigenvalue weighted by atomic mass is 19.3. The normalized spacial score (nSPS) is 10.4.